The van der Waals surface area contributed by atoms with Crippen LogP contribution in [-0.4, -0.2) is 53.5 Å². The van der Waals surface area contributed by atoms with Crippen LogP contribution in [0.25, 0.3) is 22.3 Å². The molecule has 6 rings (SSSR count). The molecule has 1 unspecified atom stereocenters. The van der Waals surface area contributed by atoms with E-state index in [1.807, 2.05) is 54.6 Å². The molecule has 9 nitrogen and oxygen atoms in total. The highest BCUT2D eigenvalue weighted by atomic mass is 16.5. The third-order valence-electron chi connectivity index (χ3n) is 9.33. The lowest BCUT2D eigenvalue weighted by Crippen LogP contribution is -2.32. The molecule has 3 atom stereocenters. The highest BCUT2D eigenvalue weighted by molar-refractivity contribution is 6.02. The smallest absolute Gasteiger partial charge is 0.171 e. The van der Waals surface area contributed by atoms with Crippen LogP contribution in [0.15, 0.2) is 88.9 Å². The van der Waals surface area contributed by atoms with Gasteiger partial charge in [0.2, 0.25) is 0 Å². The minimum absolute atomic E-state index is 0.161. The summed E-state index contributed by atoms with van der Waals surface area (Å²) < 4.78 is 40.4. The predicted molar refractivity (Wildman–Crippen MR) is 187 cm³/mol. The first-order valence-corrected chi connectivity index (χ1v) is 15.9. The summed E-state index contributed by atoms with van der Waals surface area (Å²) in [7, 11) is 9.53. The molecule has 1 N–H and O–H groups in total. The number of phenols is 1. The summed E-state index contributed by atoms with van der Waals surface area (Å²) >= 11 is 0. The van der Waals surface area contributed by atoms with Gasteiger partial charge in [-0.2, -0.15) is 0 Å². The van der Waals surface area contributed by atoms with E-state index in [1.54, 1.807) is 47.7 Å². The van der Waals surface area contributed by atoms with Crippen molar-refractivity contribution in [2.75, 3.05) is 42.7 Å². The maximum atomic E-state index is 14.9. The van der Waals surface area contributed by atoms with Gasteiger partial charge >= 0.3 is 0 Å². The summed E-state index contributed by atoms with van der Waals surface area (Å²) in [6.07, 6.45) is 2.68. The van der Waals surface area contributed by atoms with Gasteiger partial charge in [0.1, 0.15) is 51.6 Å². The summed E-state index contributed by atoms with van der Waals surface area (Å²) in [6, 6.07) is 21.8. The number of aromatic hydroxyl groups is 1. The Kier molecular flexibility index (Phi) is 9.44. The molecule has 4 aromatic carbocycles. The molecule has 49 heavy (non-hydrogen) atoms. The van der Waals surface area contributed by atoms with Crippen LogP contribution in [0.5, 0.6) is 40.2 Å². The predicted octanol–water partition coefficient (Wildman–Crippen LogP) is 8.57. The van der Waals surface area contributed by atoms with Crippen LogP contribution in [0.1, 0.15) is 46.7 Å². The molecule has 5 aromatic rings. The minimum atomic E-state index is -0.697. The Hall–Kier alpha value is -5.57. The molecular formula is C40H40O9. The number of phenolic OH excluding ortho intramolecular Hbond substituents is 1. The number of benzene rings is 4. The van der Waals surface area contributed by atoms with Gasteiger partial charge in [0.05, 0.1) is 48.2 Å². The van der Waals surface area contributed by atoms with Gasteiger partial charge in [0.15, 0.2) is 5.78 Å². The third kappa shape index (κ3) is 6.24. The van der Waals surface area contributed by atoms with Crippen molar-refractivity contribution in [1.29, 1.82) is 0 Å². The molecule has 0 aliphatic heterocycles. The quantitative estimate of drug-likeness (QED) is 0.110. The molecule has 0 saturated carbocycles. The first-order valence-electron chi connectivity index (χ1n) is 15.9. The number of furan rings is 1. The van der Waals surface area contributed by atoms with Crippen LogP contribution in [0.3, 0.4) is 0 Å². The second-order valence-corrected chi connectivity index (χ2v) is 12.0. The van der Waals surface area contributed by atoms with E-state index in [1.165, 1.54) is 13.2 Å². The molecule has 9 heteroatoms. The number of allylic oxidation sites excluding steroid dienone is 2. The van der Waals surface area contributed by atoms with Gasteiger partial charge in [-0.25, -0.2) is 0 Å². The lowest BCUT2D eigenvalue weighted by atomic mass is 9.65. The number of ether oxygens (including phenoxy) is 6. The summed E-state index contributed by atoms with van der Waals surface area (Å²) in [4.78, 5) is 14.9. The number of hydrogen-bond donors (Lipinski definition) is 1. The number of hydrogen-bond acceptors (Lipinski definition) is 9. The molecule has 254 valence electrons. The summed E-state index contributed by atoms with van der Waals surface area (Å²) in [5.74, 6) is 2.10. The molecule has 0 bridgehead atoms. The molecule has 1 aliphatic rings. The standard InChI is InChI=1S/C40H40O9/c1-22-14-30(28-12-10-27(45-4)21-35(28)46-5)38(40(42)29-13-11-25(43-2)19-32(29)41)31(15-22)39-36(47-6)17-24(18-37(39)48-7)33-16-23-8-9-26(44-3)20-34(23)49-33/h8-13,15-21,30-31,38,41H,14H2,1-7H3/t30-,31?,38-/m1/s1. The van der Waals surface area contributed by atoms with E-state index >= 15 is 0 Å². The third-order valence-corrected chi connectivity index (χ3v) is 9.33. The molecule has 1 aromatic heterocycles. The van der Waals surface area contributed by atoms with Gasteiger partial charge in [0.25, 0.3) is 0 Å². The summed E-state index contributed by atoms with van der Waals surface area (Å²) in [6.45, 7) is 2.05. The summed E-state index contributed by atoms with van der Waals surface area (Å²) in [5.41, 5.74) is 4.24. The van der Waals surface area contributed by atoms with Gasteiger partial charge in [-0.15, -0.1) is 0 Å². The van der Waals surface area contributed by atoms with Crippen LogP contribution >= 0.6 is 0 Å². The van der Waals surface area contributed by atoms with Crippen molar-refractivity contribution < 1.29 is 42.7 Å². The van der Waals surface area contributed by atoms with E-state index < -0.39 is 11.8 Å². The maximum Gasteiger partial charge on any atom is 0.171 e. The molecule has 0 amide bonds. The van der Waals surface area contributed by atoms with E-state index in [-0.39, 0.29) is 23.0 Å². The van der Waals surface area contributed by atoms with Crippen LogP contribution in [0, 0.1) is 5.92 Å². The maximum absolute atomic E-state index is 14.9. The zero-order valence-corrected chi connectivity index (χ0v) is 28.7. The molecule has 0 saturated heterocycles. The minimum Gasteiger partial charge on any atom is -0.507 e. The van der Waals surface area contributed by atoms with Crippen molar-refractivity contribution in [2.45, 2.75) is 25.2 Å². The number of fused-ring (bicyclic) bond motifs is 1. The fourth-order valence-electron chi connectivity index (χ4n) is 6.96. The lowest BCUT2D eigenvalue weighted by Gasteiger charge is -2.38. The first-order chi connectivity index (χ1) is 23.7. The first kappa shape index (κ1) is 33.3. The van der Waals surface area contributed by atoms with E-state index in [0.717, 1.165) is 22.1 Å². The van der Waals surface area contributed by atoms with Crippen LogP contribution < -0.4 is 28.4 Å². The Morgan fingerprint density at radius 2 is 1.33 bits per heavy atom. The topological polar surface area (TPSA) is 106 Å². The fourth-order valence-corrected chi connectivity index (χ4v) is 6.96. The van der Waals surface area contributed by atoms with Crippen molar-refractivity contribution >= 4 is 16.8 Å². The van der Waals surface area contributed by atoms with Gasteiger partial charge in [-0.05, 0) is 67.4 Å². The molecular weight excluding hydrogens is 624 g/mol. The number of carbonyl (C=O) groups excluding carboxylic acids is 1. The van der Waals surface area contributed by atoms with Gasteiger partial charge in [-0.3, -0.25) is 4.79 Å². The Labute approximate surface area is 285 Å². The number of ketones is 1. The Bertz CT molecular complexity index is 2010. The Balaban J connectivity index is 1.54. The van der Waals surface area contributed by atoms with Crippen molar-refractivity contribution in [3.8, 4) is 51.6 Å². The van der Waals surface area contributed by atoms with Crippen molar-refractivity contribution in [2.24, 2.45) is 5.92 Å². The Morgan fingerprint density at radius 3 is 1.96 bits per heavy atom. The molecule has 1 heterocycles. The second kappa shape index (κ2) is 13.9. The zero-order chi connectivity index (χ0) is 34.8. The molecule has 0 fully saturated rings. The number of Topliss-reactive ketones (excluding diaryl/α,β-unsaturated/α-hetero) is 1. The molecule has 1 aliphatic carbocycles. The SMILES string of the molecule is COc1ccc(C(=O)[C@H]2C(c3c(OC)cc(-c4cc5ccc(OC)cc5o4)cc3OC)C=C(C)C[C@@H]2c2ccc(OC)cc2OC)c(O)c1. The average molecular weight is 665 g/mol. The number of rotatable bonds is 11. The van der Waals surface area contributed by atoms with Crippen LogP contribution in [0.4, 0.5) is 0 Å². The van der Waals surface area contributed by atoms with Gasteiger partial charge in [0, 0.05) is 52.5 Å². The Morgan fingerprint density at radius 1 is 0.714 bits per heavy atom. The summed E-state index contributed by atoms with van der Waals surface area (Å²) in [5, 5.41) is 12.0. The fraction of sp³-hybridized carbons (Fsp3) is 0.275. The molecule has 0 spiro atoms. The lowest BCUT2D eigenvalue weighted by molar-refractivity contribution is 0.0876. The van der Waals surface area contributed by atoms with E-state index in [9.17, 15) is 9.90 Å². The van der Waals surface area contributed by atoms with E-state index in [4.69, 9.17) is 32.8 Å². The monoisotopic (exact) mass is 664 g/mol. The van der Waals surface area contributed by atoms with Crippen LogP contribution in [-0.2, 0) is 0 Å². The van der Waals surface area contributed by atoms with E-state index in [2.05, 4.69) is 13.0 Å². The normalized spacial score (nSPS) is 17.3. The van der Waals surface area contributed by atoms with Crippen LogP contribution in [0.2, 0.25) is 0 Å². The highest BCUT2D eigenvalue weighted by Gasteiger charge is 2.43. The second-order valence-electron chi connectivity index (χ2n) is 12.0. The zero-order valence-electron chi connectivity index (χ0n) is 28.7. The molecule has 0 radical (unpaired) electrons. The highest BCUT2D eigenvalue weighted by Crippen LogP contribution is 2.54. The number of methoxy groups -OCH3 is 6. The van der Waals surface area contributed by atoms with E-state index in [0.29, 0.717) is 57.8 Å². The van der Waals surface area contributed by atoms with Gasteiger partial charge in [-0.1, -0.05) is 17.7 Å². The number of carbonyl (C=O) groups is 1. The van der Waals surface area contributed by atoms with Gasteiger partial charge < -0.3 is 37.9 Å². The van der Waals surface area contributed by atoms with Crippen molar-refractivity contribution in [3.05, 3.63) is 101 Å². The van der Waals surface area contributed by atoms with Crippen molar-refractivity contribution in [1.82, 2.24) is 0 Å². The average Bonchev–Trinajstić information content (AvgIpc) is 3.56. The largest absolute Gasteiger partial charge is 0.507 e. The van der Waals surface area contributed by atoms with Crippen molar-refractivity contribution in [3.63, 3.8) is 0 Å².